The molecule has 0 radical (unpaired) electrons. The van der Waals surface area contributed by atoms with E-state index in [0.29, 0.717) is 10.7 Å². The molecule has 0 fully saturated rings. The van der Waals surface area contributed by atoms with E-state index in [9.17, 15) is 0 Å². The second-order valence-corrected chi connectivity index (χ2v) is 6.43. The third-order valence-corrected chi connectivity index (χ3v) is 4.42. The normalized spacial score (nSPS) is 10.7. The zero-order valence-corrected chi connectivity index (χ0v) is 13.9. The number of nitriles is 1. The molecule has 0 aliphatic rings. The quantitative estimate of drug-likeness (QED) is 0.661. The molecule has 3 heterocycles. The SMILES string of the molecule is N#Cc1sc(CCCNc2nc(Br)cn3ccnc23)nc1N. The molecule has 3 aromatic rings. The molecule has 0 atom stereocenters. The van der Waals surface area contributed by atoms with Gasteiger partial charge in [0, 0.05) is 31.6 Å². The monoisotopic (exact) mass is 377 g/mol. The number of nitrogens with zero attached hydrogens (tertiary/aromatic N) is 5. The fourth-order valence-electron chi connectivity index (χ4n) is 2.03. The van der Waals surface area contributed by atoms with Crippen molar-refractivity contribution in [2.24, 2.45) is 0 Å². The van der Waals surface area contributed by atoms with Gasteiger partial charge in [-0.25, -0.2) is 15.0 Å². The van der Waals surface area contributed by atoms with Gasteiger partial charge < -0.3 is 15.5 Å². The van der Waals surface area contributed by atoms with Gasteiger partial charge in [0.05, 0.1) is 5.01 Å². The van der Waals surface area contributed by atoms with E-state index >= 15 is 0 Å². The Morgan fingerprint density at radius 3 is 3.09 bits per heavy atom. The van der Waals surface area contributed by atoms with Crippen LogP contribution in [0.2, 0.25) is 0 Å². The minimum absolute atomic E-state index is 0.322. The molecule has 112 valence electrons. The third kappa shape index (κ3) is 3.03. The fraction of sp³-hybridized carbons (Fsp3) is 0.231. The van der Waals surface area contributed by atoms with Crippen molar-refractivity contribution in [1.29, 1.82) is 5.26 Å². The lowest BCUT2D eigenvalue weighted by molar-refractivity contribution is 0.850. The van der Waals surface area contributed by atoms with Crippen LogP contribution >= 0.6 is 27.3 Å². The summed E-state index contributed by atoms with van der Waals surface area (Å²) in [7, 11) is 0. The number of hydrogen-bond acceptors (Lipinski definition) is 7. The Bertz CT molecular complexity index is 848. The van der Waals surface area contributed by atoms with Crippen LogP contribution in [0.25, 0.3) is 5.65 Å². The summed E-state index contributed by atoms with van der Waals surface area (Å²) in [6, 6.07) is 2.04. The molecule has 0 aliphatic carbocycles. The van der Waals surface area contributed by atoms with Gasteiger partial charge in [-0.05, 0) is 22.4 Å². The van der Waals surface area contributed by atoms with Gasteiger partial charge in [-0.2, -0.15) is 5.26 Å². The summed E-state index contributed by atoms with van der Waals surface area (Å²) in [6.45, 7) is 0.730. The molecule has 22 heavy (non-hydrogen) atoms. The average Bonchev–Trinajstić information content (AvgIpc) is 3.09. The maximum atomic E-state index is 8.86. The summed E-state index contributed by atoms with van der Waals surface area (Å²) in [4.78, 5) is 13.3. The Hall–Kier alpha value is -2.18. The van der Waals surface area contributed by atoms with Gasteiger partial charge in [0.1, 0.15) is 15.5 Å². The number of imidazole rings is 1. The molecule has 0 bridgehead atoms. The highest BCUT2D eigenvalue weighted by atomic mass is 79.9. The fourth-order valence-corrected chi connectivity index (χ4v) is 3.25. The minimum Gasteiger partial charge on any atom is -0.382 e. The van der Waals surface area contributed by atoms with E-state index in [0.717, 1.165) is 40.5 Å². The summed E-state index contributed by atoms with van der Waals surface area (Å²) < 4.78 is 2.65. The second-order valence-electron chi connectivity index (χ2n) is 4.53. The molecule has 0 saturated heterocycles. The predicted octanol–water partition coefficient (Wildman–Crippen LogP) is 2.45. The van der Waals surface area contributed by atoms with Crippen molar-refractivity contribution in [1.82, 2.24) is 19.4 Å². The van der Waals surface area contributed by atoms with Crippen LogP contribution in [0, 0.1) is 11.3 Å². The van der Waals surface area contributed by atoms with Crippen LogP contribution in [0.15, 0.2) is 23.2 Å². The number of nitrogen functional groups attached to an aromatic ring is 1. The molecule has 0 amide bonds. The van der Waals surface area contributed by atoms with Gasteiger partial charge in [0.25, 0.3) is 0 Å². The van der Waals surface area contributed by atoms with E-state index in [1.807, 2.05) is 22.9 Å². The maximum absolute atomic E-state index is 8.86. The van der Waals surface area contributed by atoms with Crippen LogP contribution in [0.5, 0.6) is 0 Å². The summed E-state index contributed by atoms with van der Waals surface area (Å²) in [6.07, 6.45) is 7.08. The van der Waals surface area contributed by atoms with E-state index in [4.69, 9.17) is 11.0 Å². The van der Waals surface area contributed by atoms with Crippen molar-refractivity contribution < 1.29 is 0 Å². The van der Waals surface area contributed by atoms with E-state index in [1.165, 1.54) is 11.3 Å². The highest BCUT2D eigenvalue weighted by Gasteiger charge is 2.08. The molecule has 3 rings (SSSR count). The van der Waals surface area contributed by atoms with Crippen molar-refractivity contribution >= 4 is 44.5 Å². The van der Waals surface area contributed by atoms with Crippen molar-refractivity contribution in [3.63, 3.8) is 0 Å². The summed E-state index contributed by atoms with van der Waals surface area (Å²) in [5.41, 5.74) is 6.43. The number of aryl methyl sites for hydroxylation is 1. The highest BCUT2D eigenvalue weighted by Crippen LogP contribution is 2.21. The number of rotatable bonds is 5. The molecule has 9 heteroatoms. The van der Waals surface area contributed by atoms with Gasteiger partial charge in [-0.1, -0.05) is 0 Å². The number of anilines is 2. The number of nitrogens with one attached hydrogen (secondary N) is 1. The number of aromatic nitrogens is 4. The lowest BCUT2D eigenvalue weighted by atomic mass is 10.3. The van der Waals surface area contributed by atoms with Crippen molar-refractivity contribution in [3.8, 4) is 6.07 Å². The largest absolute Gasteiger partial charge is 0.382 e. The van der Waals surface area contributed by atoms with Gasteiger partial charge >= 0.3 is 0 Å². The Balaban J connectivity index is 1.60. The van der Waals surface area contributed by atoms with E-state index in [2.05, 4.69) is 36.2 Å². The Kier molecular flexibility index (Phi) is 4.22. The van der Waals surface area contributed by atoms with Crippen LogP contribution in [-0.4, -0.2) is 25.9 Å². The van der Waals surface area contributed by atoms with Gasteiger partial charge in [0.15, 0.2) is 17.3 Å². The van der Waals surface area contributed by atoms with Crippen molar-refractivity contribution in [2.75, 3.05) is 17.6 Å². The number of thiazole rings is 1. The first kappa shape index (κ1) is 14.7. The van der Waals surface area contributed by atoms with E-state index in [1.54, 1.807) is 6.20 Å². The third-order valence-electron chi connectivity index (χ3n) is 3.00. The Morgan fingerprint density at radius 1 is 1.45 bits per heavy atom. The van der Waals surface area contributed by atoms with Crippen molar-refractivity contribution in [2.45, 2.75) is 12.8 Å². The van der Waals surface area contributed by atoms with E-state index in [-0.39, 0.29) is 0 Å². The standard InChI is InChI=1S/C13H12BrN7S/c14-9-7-21-5-4-18-13(21)12(19-9)17-3-1-2-10-20-11(16)8(6-15)22-10/h4-5,7H,1-3,16H2,(H,17,19). The predicted molar refractivity (Wildman–Crippen MR) is 88.7 cm³/mol. The summed E-state index contributed by atoms with van der Waals surface area (Å²) in [5.74, 6) is 1.05. The van der Waals surface area contributed by atoms with Crippen molar-refractivity contribution in [3.05, 3.63) is 33.1 Å². The molecular formula is C13H12BrN7S. The molecule has 0 aromatic carbocycles. The number of halogens is 1. The molecule has 0 spiro atoms. The molecular weight excluding hydrogens is 366 g/mol. The topological polar surface area (TPSA) is 105 Å². The zero-order chi connectivity index (χ0) is 15.5. The number of nitrogens with two attached hydrogens (primary N) is 1. The molecule has 0 saturated carbocycles. The van der Waals surface area contributed by atoms with Gasteiger partial charge in [0.2, 0.25) is 0 Å². The number of hydrogen-bond donors (Lipinski definition) is 2. The second kappa shape index (κ2) is 6.29. The van der Waals surface area contributed by atoms with Crippen LogP contribution in [0.3, 0.4) is 0 Å². The first-order valence-electron chi connectivity index (χ1n) is 6.55. The summed E-state index contributed by atoms with van der Waals surface area (Å²) in [5, 5.41) is 13.0. The van der Waals surface area contributed by atoms with Crippen LogP contribution in [-0.2, 0) is 6.42 Å². The number of fused-ring (bicyclic) bond motifs is 1. The minimum atomic E-state index is 0.322. The lowest BCUT2D eigenvalue weighted by Gasteiger charge is -2.06. The average molecular weight is 378 g/mol. The highest BCUT2D eigenvalue weighted by molar-refractivity contribution is 9.10. The summed E-state index contributed by atoms with van der Waals surface area (Å²) >= 11 is 4.73. The maximum Gasteiger partial charge on any atom is 0.180 e. The molecule has 0 unspecified atom stereocenters. The molecule has 7 nitrogen and oxygen atoms in total. The Labute approximate surface area is 139 Å². The molecule has 3 aromatic heterocycles. The first-order chi connectivity index (χ1) is 10.7. The van der Waals surface area contributed by atoms with Crippen LogP contribution in [0.4, 0.5) is 11.6 Å². The molecule has 3 N–H and O–H groups in total. The van der Waals surface area contributed by atoms with Gasteiger partial charge in [-0.3, -0.25) is 0 Å². The smallest absolute Gasteiger partial charge is 0.180 e. The molecule has 0 aliphatic heterocycles. The van der Waals surface area contributed by atoms with E-state index < -0.39 is 0 Å². The lowest BCUT2D eigenvalue weighted by Crippen LogP contribution is -2.07. The Morgan fingerprint density at radius 2 is 2.32 bits per heavy atom. The first-order valence-corrected chi connectivity index (χ1v) is 8.16. The zero-order valence-electron chi connectivity index (χ0n) is 11.5. The van der Waals surface area contributed by atoms with Crippen LogP contribution in [0.1, 0.15) is 16.3 Å². The van der Waals surface area contributed by atoms with Gasteiger partial charge in [-0.15, -0.1) is 11.3 Å². The van der Waals surface area contributed by atoms with Crippen LogP contribution < -0.4 is 11.1 Å².